The Hall–Kier alpha value is -0.610. The molecule has 1 aromatic rings. The third-order valence-corrected chi connectivity index (χ3v) is 3.71. The number of rotatable bonds is 2. The SMILES string of the molecule is Cc1cnc(SC2CCCC2O)nc1. The number of thioether (sulfide) groups is 1. The third kappa shape index (κ3) is 2.25. The van der Waals surface area contributed by atoms with Gasteiger partial charge < -0.3 is 5.11 Å². The predicted octanol–water partition coefficient (Wildman–Crippen LogP) is 1.79. The van der Waals surface area contributed by atoms with Crippen molar-refractivity contribution >= 4 is 11.8 Å². The van der Waals surface area contributed by atoms with Crippen molar-refractivity contribution in [2.24, 2.45) is 0 Å². The van der Waals surface area contributed by atoms with E-state index in [1.165, 1.54) is 0 Å². The first-order chi connectivity index (χ1) is 6.75. The number of aliphatic hydroxyl groups is 1. The first kappa shape index (κ1) is 9.93. The number of hydrogen-bond donors (Lipinski definition) is 1. The lowest BCUT2D eigenvalue weighted by Gasteiger charge is -2.11. The zero-order valence-corrected chi connectivity index (χ0v) is 9.00. The van der Waals surface area contributed by atoms with Crippen LogP contribution < -0.4 is 0 Å². The fraction of sp³-hybridized carbons (Fsp3) is 0.600. The molecule has 1 fully saturated rings. The highest BCUT2D eigenvalue weighted by Gasteiger charge is 2.26. The maximum absolute atomic E-state index is 9.63. The summed E-state index contributed by atoms with van der Waals surface area (Å²) in [6.07, 6.45) is 6.56. The molecule has 3 nitrogen and oxygen atoms in total. The van der Waals surface area contributed by atoms with E-state index in [9.17, 15) is 5.11 Å². The van der Waals surface area contributed by atoms with E-state index in [0.717, 1.165) is 30.0 Å². The molecule has 1 aliphatic carbocycles. The monoisotopic (exact) mass is 210 g/mol. The van der Waals surface area contributed by atoms with Gasteiger partial charge in [-0.1, -0.05) is 11.8 Å². The second-order valence-electron chi connectivity index (χ2n) is 3.70. The van der Waals surface area contributed by atoms with Gasteiger partial charge in [0.1, 0.15) is 0 Å². The van der Waals surface area contributed by atoms with Crippen molar-refractivity contribution < 1.29 is 5.11 Å². The van der Waals surface area contributed by atoms with Crippen LogP contribution in [0.2, 0.25) is 0 Å². The summed E-state index contributed by atoms with van der Waals surface area (Å²) in [5.74, 6) is 0. The Morgan fingerprint density at radius 1 is 1.36 bits per heavy atom. The zero-order chi connectivity index (χ0) is 9.97. The average Bonchev–Trinajstić information content (AvgIpc) is 2.56. The highest BCUT2D eigenvalue weighted by Crippen LogP contribution is 2.32. The van der Waals surface area contributed by atoms with E-state index in [0.29, 0.717) is 0 Å². The van der Waals surface area contributed by atoms with Gasteiger partial charge in [0.15, 0.2) is 5.16 Å². The third-order valence-electron chi connectivity index (χ3n) is 2.43. The molecule has 0 saturated heterocycles. The largest absolute Gasteiger partial charge is 0.392 e. The fourth-order valence-corrected chi connectivity index (χ4v) is 2.70. The molecule has 1 saturated carbocycles. The summed E-state index contributed by atoms with van der Waals surface area (Å²) in [7, 11) is 0. The van der Waals surface area contributed by atoms with E-state index in [-0.39, 0.29) is 11.4 Å². The molecule has 0 bridgehead atoms. The van der Waals surface area contributed by atoms with Crippen molar-refractivity contribution in [2.75, 3.05) is 0 Å². The van der Waals surface area contributed by atoms with Crippen molar-refractivity contribution in [3.8, 4) is 0 Å². The van der Waals surface area contributed by atoms with Crippen LogP contribution in [0.4, 0.5) is 0 Å². The molecule has 2 unspecified atom stereocenters. The maximum Gasteiger partial charge on any atom is 0.187 e. The zero-order valence-electron chi connectivity index (χ0n) is 8.18. The van der Waals surface area contributed by atoms with Crippen LogP contribution in [0.5, 0.6) is 0 Å². The molecule has 1 N–H and O–H groups in total. The Morgan fingerprint density at radius 3 is 2.64 bits per heavy atom. The molecule has 76 valence electrons. The van der Waals surface area contributed by atoms with Gasteiger partial charge in [-0.05, 0) is 31.7 Å². The molecule has 2 atom stereocenters. The molecule has 0 spiro atoms. The highest BCUT2D eigenvalue weighted by atomic mass is 32.2. The highest BCUT2D eigenvalue weighted by molar-refractivity contribution is 7.99. The molecule has 2 rings (SSSR count). The smallest absolute Gasteiger partial charge is 0.187 e. The maximum atomic E-state index is 9.63. The number of aryl methyl sites for hydroxylation is 1. The minimum atomic E-state index is -0.176. The van der Waals surface area contributed by atoms with Crippen LogP contribution in [0, 0.1) is 6.92 Å². The second kappa shape index (κ2) is 4.28. The van der Waals surface area contributed by atoms with E-state index < -0.39 is 0 Å². The summed E-state index contributed by atoms with van der Waals surface area (Å²) < 4.78 is 0. The average molecular weight is 210 g/mol. The lowest BCUT2D eigenvalue weighted by Crippen LogP contribution is -2.15. The van der Waals surface area contributed by atoms with Gasteiger partial charge in [0.05, 0.1) is 6.10 Å². The van der Waals surface area contributed by atoms with Gasteiger partial charge in [-0.15, -0.1) is 0 Å². The van der Waals surface area contributed by atoms with E-state index in [1.54, 1.807) is 11.8 Å². The Labute approximate surface area is 88.0 Å². The van der Waals surface area contributed by atoms with Gasteiger partial charge in [-0.25, -0.2) is 9.97 Å². The molecule has 1 heterocycles. The van der Waals surface area contributed by atoms with Crippen molar-refractivity contribution in [2.45, 2.75) is 42.7 Å². The minimum Gasteiger partial charge on any atom is -0.392 e. The van der Waals surface area contributed by atoms with E-state index in [2.05, 4.69) is 9.97 Å². The molecule has 0 aromatic carbocycles. The first-order valence-corrected chi connectivity index (χ1v) is 5.77. The molecular formula is C10H14N2OS. The number of aromatic nitrogens is 2. The number of aliphatic hydroxyl groups excluding tert-OH is 1. The summed E-state index contributed by atoms with van der Waals surface area (Å²) >= 11 is 1.60. The molecule has 0 aliphatic heterocycles. The molecule has 0 radical (unpaired) electrons. The molecule has 14 heavy (non-hydrogen) atoms. The minimum absolute atomic E-state index is 0.176. The van der Waals surface area contributed by atoms with Crippen LogP contribution in [0.15, 0.2) is 17.6 Å². The fourth-order valence-electron chi connectivity index (χ4n) is 1.62. The van der Waals surface area contributed by atoms with Gasteiger partial charge in [0.25, 0.3) is 0 Å². The van der Waals surface area contributed by atoms with Crippen LogP contribution in [0.3, 0.4) is 0 Å². The van der Waals surface area contributed by atoms with Gasteiger partial charge in [0.2, 0.25) is 0 Å². The lowest BCUT2D eigenvalue weighted by atomic mass is 10.3. The summed E-state index contributed by atoms with van der Waals surface area (Å²) in [4.78, 5) is 8.43. The lowest BCUT2D eigenvalue weighted by molar-refractivity contribution is 0.188. The van der Waals surface area contributed by atoms with E-state index in [4.69, 9.17) is 0 Å². The number of hydrogen-bond acceptors (Lipinski definition) is 4. The van der Waals surface area contributed by atoms with Crippen molar-refractivity contribution in [1.29, 1.82) is 0 Å². The normalized spacial score (nSPS) is 26.7. The van der Waals surface area contributed by atoms with Crippen molar-refractivity contribution in [1.82, 2.24) is 9.97 Å². The number of nitrogens with zero attached hydrogens (tertiary/aromatic N) is 2. The van der Waals surface area contributed by atoms with Crippen LogP contribution in [0.25, 0.3) is 0 Å². The van der Waals surface area contributed by atoms with Gasteiger partial charge in [-0.2, -0.15) is 0 Å². The van der Waals surface area contributed by atoms with Gasteiger partial charge >= 0.3 is 0 Å². The second-order valence-corrected chi connectivity index (χ2v) is 4.90. The molecule has 1 aliphatic rings. The summed E-state index contributed by atoms with van der Waals surface area (Å²) in [5.41, 5.74) is 1.07. The first-order valence-electron chi connectivity index (χ1n) is 4.89. The summed E-state index contributed by atoms with van der Waals surface area (Å²) in [6, 6.07) is 0. The molecule has 0 amide bonds. The predicted molar refractivity (Wildman–Crippen MR) is 56.3 cm³/mol. The Morgan fingerprint density at radius 2 is 2.07 bits per heavy atom. The van der Waals surface area contributed by atoms with Crippen LogP contribution >= 0.6 is 11.8 Å². The van der Waals surface area contributed by atoms with Crippen LogP contribution in [0.1, 0.15) is 24.8 Å². The van der Waals surface area contributed by atoms with E-state index in [1.807, 2.05) is 19.3 Å². The topological polar surface area (TPSA) is 46.0 Å². The van der Waals surface area contributed by atoms with Crippen LogP contribution in [-0.2, 0) is 0 Å². The Bertz CT molecular complexity index is 301. The molecule has 4 heteroatoms. The summed E-state index contributed by atoms with van der Waals surface area (Å²) in [5, 5.41) is 10.7. The molecule has 1 aromatic heterocycles. The standard InChI is InChI=1S/C10H14N2OS/c1-7-5-11-10(12-6-7)14-9-4-2-3-8(9)13/h5-6,8-9,13H,2-4H2,1H3. The Balaban J connectivity index is 2.00. The van der Waals surface area contributed by atoms with Gasteiger partial charge in [-0.3, -0.25) is 0 Å². The van der Waals surface area contributed by atoms with Crippen molar-refractivity contribution in [3.05, 3.63) is 18.0 Å². The van der Waals surface area contributed by atoms with Crippen LogP contribution in [-0.4, -0.2) is 26.4 Å². The Kier molecular flexibility index (Phi) is 3.03. The van der Waals surface area contributed by atoms with Gasteiger partial charge in [0, 0.05) is 17.6 Å². The molecular weight excluding hydrogens is 196 g/mol. The quantitative estimate of drug-likeness (QED) is 0.756. The summed E-state index contributed by atoms with van der Waals surface area (Å²) in [6.45, 7) is 1.97. The van der Waals surface area contributed by atoms with E-state index >= 15 is 0 Å². The van der Waals surface area contributed by atoms with Crippen molar-refractivity contribution in [3.63, 3.8) is 0 Å².